The Morgan fingerprint density at radius 1 is 1.05 bits per heavy atom. The van der Waals surface area contributed by atoms with Crippen molar-refractivity contribution in [2.45, 2.75) is 13.8 Å². The van der Waals surface area contributed by atoms with Crippen LogP contribution in [-0.4, -0.2) is 19.5 Å². The molecule has 0 saturated carbocycles. The fourth-order valence-electron chi connectivity index (χ4n) is 1.97. The zero-order valence-electron chi connectivity index (χ0n) is 12.3. The molecular formula is C17H17FO3. The molecule has 0 radical (unpaired) electrons. The summed E-state index contributed by atoms with van der Waals surface area (Å²) in [5.41, 5.74) is 2.29. The topological polar surface area (TPSA) is 35.5 Å². The Hall–Kier alpha value is -2.36. The van der Waals surface area contributed by atoms with Crippen LogP contribution < -0.4 is 9.47 Å². The Balaban J connectivity index is 2.13. The molecule has 0 bridgehead atoms. The van der Waals surface area contributed by atoms with Gasteiger partial charge in [-0.15, -0.1) is 0 Å². The normalized spacial score (nSPS) is 10.3. The first kappa shape index (κ1) is 15.0. The lowest BCUT2D eigenvalue weighted by atomic mass is 10.1. The van der Waals surface area contributed by atoms with Gasteiger partial charge in [-0.1, -0.05) is 12.1 Å². The standard InChI is InChI=1S/C17H17FO3/c1-11-4-6-13(16(8-11)20-3)15(19)10-21-17-9-12(2)5-7-14(17)18/h4-9H,10H2,1-3H3. The predicted octanol–water partition coefficient (Wildman–Crippen LogP) is 3.71. The highest BCUT2D eigenvalue weighted by Crippen LogP contribution is 2.22. The van der Waals surface area contributed by atoms with E-state index >= 15 is 0 Å². The number of carbonyl (C=O) groups excluding carboxylic acids is 1. The van der Waals surface area contributed by atoms with Gasteiger partial charge in [-0.05, 0) is 49.2 Å². The molecule has 0 unspecified atom stereocenters. The van der Waals surface area contributed by atoms with Crippen molar-refractivity contribution < 1.29 is 18.7 Å². The highest BCUT2D eigenvalue weighted by molar-refractivity contribution is 5.99. The molecule has 0 fully saturated rings. The number of methoxy groups -OCH3 is 1. The zero-order chi connectivity index (χ0) is 15.4. The molecule has 21 heavy (non-hydrogen) atoms. The average Bonchev–Trinajstić information content (AvgIpc) is 2.47. The second kappa shape index (κ2) is 6.39. The number of ketones is 1. The van der Waals surface area contributed by atoms with Gasteiger partial charge in [-0.3, -0.25) is 4.79 Å². The molecule has 2 aromatic rings. The van der Waals surface area contributed by atoms with Gasteiger partial charge in [0.25, 0.3) is 0 Å². The van der Waals surface area contributed by atoms with Gasteiger partial charge in [-0.2, -0.15) is 0 Å². The summed E-state index contributed by atoms with van der Waals surface area (Å²) in [7, 11) is 1.51. The monoisotopic (exact) mass is 288 g/mol. The zero-order valence-corrected chi connectivity index (χ0v) is 12.3. The van der Waals surface area contributed by atoms with Crippen LogP contribution in [0.15, 0.2) is 36.4 Å². The summed E-state index contributed by atoms with van der Waals surface area (Å²) in [6.45, 7) is 3.51. The van der Waals surface area contributed by atoms with E-state index in [1.165, 1.54) is 13.2 Å². The maximum Gasteiger partial charge on any atom is 0.203 e. The third-order valence-electron chi connectivity index (χ3n) is 3.10. The van der Waals surface area contributed by atoms with Gasteiger partial charge in [0.1, 0.15) is 5.75 Å². The highest BCUT2D eigenvalue weighted by atomic mass is 19.1. The quantitative estimate of drug-likeness (QED) is 0.787. The van der Waals surface area contributed by atoms with E-state index in [2.05, 4.69) is 0 Å². The molecule has 0 atom stereocenters. The Morgan fingerprint density at radius 3 is 2.33 bits per heavy atom. The lowest BCUT2D eigenvalue weighted by Crippen LogP contribution is -2.13. The van der Waals surface area contributed by atoms with E-state index in [9.17, 15) is 9.18 Å². The summed E-state index contributed by atoms with van der Waals surface area (Å²) in [5.74, 6) is -0.167. The predicted molar refractivity (Wildman–Crippen MR) is 78.7 cm³/mol. The van der Waals surface area contributed by atoms with Crippen molar-refractivity contribution in [3.63, 3.8) is 0 Å². The second-order valence-electron chi connectivity index (χ2n) is 4.85. The Labute approximate surface area is 123 Å². The lowest BCUT2D eigenvalue weighted by Gasteiger charge is -2.10. The number of benzene rings is 2. The van der Waals surface area contributed by atoms with Crippen LogP contribution in [0.2, 0.25) is 0 Å². The molecular weight excluding hydrogens is 271 g/mol. The van der Waals surface area contributed by atoms with Crippen LogP contribution >= 0.6 is 0 Å². The van der Waals surface area contributed by atoms with Crippen LogP contribution in [0.3, 0.4) is 0 Å². The fourth-order valence-corrected chi connectivity index (χ4v) is 1.97. The minimum absolute atomic E-state index is 0.0782. The summed E-state index contributed by atoms with van der Waals surface area (Å²) < 4.78 is 24.0. The number of Topliss-reactive ketones (excluding diaryl/α,β-unsaturated/α-hetero) is 1. The summed E-state index contributed by atoms with van der Waals surface area (Å²) in [4.78, 5) is 12.2. The number of hydrogen-bond acceptors (Lipinski definition) is 3. The first-order valence-electron chi connectivity index (χ1n) is 6.58. The first-order valence-corrected chi connectivity index (χ1v) is 6.58. The molecule has 0 saturated heterocycles. The van der Waals surface area contributed by atoms with Crippen molar-refractivity contribution in [2.24, 2.45) is 0 Å². The maximum absolute atomic E-state index is 13.6. The minimum atomic E-state index is -0.482. The number of aryl methyl sites for hydroxylation is 2. The molecule has 0 heterocycles. The van der Waals surface area contributed by atoms with Crippen molar-refractivity contribution in [3.05, 3.63) is 58.9 Å². The van der Waals surface area contributed by atoms with E-state index in [0.717, 1.165) is 11.1 Å². The van der Waals surface area contributed by atoms with Crippen LogP contribution in [0, 0.1) is 19.7 Å². The number of hydrogen-bond donors (Lipinski definition) is 0. The molecule has 2 rings (SSSR count). The molecule has 3 nitrogen and oxygen atoms in total. The maximum atomic E-state index is 13.6. The van der Waals surface area contributed by atoms with Gasteiger partial charge >= 0.3 is 0 Å². The van der Waals surface area contributed by atoms with E-state index in [0.29, 0.717) is 11.3 Å². The average molecular weight is 288 g/mol. The third-order valence-corrected chi connectivity index (χ3v) is 3.10. The Bertz CT molecular complexity index is 665. The van der Waals surface area contributed by atoms with Crippen LogP contribution in [0.5, 0.6) is 11.5 Å². The van der Waals surface area contributed by atoms with Crippen LogP contribution in [0.25, 0.3) is 0 Å². The molecule has 0 spiro atoms. The van der Waals surface area contributed by atoms with Gasteiger partial charge in [0.05, 0.1) is 12.7 Å². The molecule has 0 aliphatic rings. The summed E-state index contributed by atoms with van der Waals surface area (Å²) in [5, 5.41) is 0. The smallest absolute Gasteiger partial charge is 0.203 e. The van der Waals surface area contributed by atoms with Gasteiger partial charge in [0.15, 0.2) is 18.2 Å². The second-order valence-corrected chi connectivity index (χ2v) is 4.85. The van der Waals surface area contributed by atoms with Crippen LogP contribution in [0.1, 0.15) is 21.5 Å². The van der Waals surface area contributed by atoms with Gasteiger partial charge in [-0.25, -0.2) is 4.39 Å². The van der Waals surface area contributed by atoms with E-state index in [1.807, 2.05) is 19.9 Å². The largest absolute Gasteiger partial charge is 0.496 e. The van der Waals surface area contributed by atoms with Crippen molar-refractivity contribution in [2.75, 3.05) is 13.7 Å². The third kappa shape index (κ3) is 3.60. The molecule has 110 valence electrons. The van der Waals surface area contributed by atoms with Crippen molar-refractivity contribution in [1.29, 1.82) is 0 Å². The summed E-state index contributed by atoms with van der Waals surface area (Å²) in [6, 6.07) is 9.82. The van der Waals surface area contributed by atoms with E-state index in [1.54, 1.807) is 24.3 Å². The van der Waals surface area contributed by atoms with Crippen LogP contribution in [0.4, 0.5) is 4.39 Å². The number of rotatable bonds is 5. The molecule has 2 aromatic carbocycles. The van der Waals surface area contributed by atoms with Crippen molar-refractivity contribution >= 4 is 5.78 Å². The minimum Gasteiger partial charge on any atom is -0.496 e. The van der Waals surface area contributed by atoms with Crippen LogP contribution in [-0.2, 0) is 0 Å². The SMILES string of the molecule is COc1cc(C)ccc1C(=O)COc1cc(C)ccc1F. The number of halogens is 1. The molecule has 0 aromatic heterocycles. The summed E-state index contributed by atoms with van der Waals surface area (Å²) in [6.07, 6.45) is 0. The van der Waals surface area contributed by atoms with Crippen molar-refractivity contribution in [1.82, 2.24) is 0 Å². The Morgan fingerprint density at radius 2 is 1.67 bits per heavy atom. The molecule has 4 heteroatoms. The Kier molecular flexibility index (Phi) is 4.58. The lowest BCUT2D eigenvalue weighted by molar-refractivity contribution is 0.0915. The van der Waals surface area contributed by atoms with Crippen molar-refractivity contribution in [3.8, 4) is 11.5 Å². The molecule has 0 N–H and O–H groups in total. The fraction of sp³-hybridized carbons (Fsp3) is 0.235. The van der Waals surface area contributed by atoms with Gasteiger partial charge in [0.2, 0.25) is 5.78 Å². The van der Waals surface area contributed by atoms with E-state index in [4.69, 9.17) is 9.47 Å². The summed E-state index contributed by atoms with van der Waals surface area (Å²) >= 11 is 0. The van der Waals surface area contributed by atoms with Gasteiger partial charge < -0.3 is 9.47 Å². The van der Waals surface area contributed by atoms with E-state index in [-0.39, 0.29) is 18.1 Å². The highest BCUT2D eigenvalue weighted by Gasteiger charge is 2.14. The molecule has 0 aliphatic carbocycles. The van der Waals surface area contributed by atoms with E-state index < -0.39 is 5.82 Å². The number of carbonyl (C=O) groups is 1. The first-order chi connectivity index (χ1) is 10.0. The number of ether oxygens (including phenoxy) is 2. The van der Waals surface area contributed by atoms with Gasteiger partial charge in [0, 0.05) is 0 Å². The molecule has 0 amide bonds. The molecule has 0 aliphatic heterocycles.